The molecule has 0 radical (unpaired) electrons. The molecule has 2 rings (SSSR count). The summed E-state index contributed by atoms with van der Waals surface area (Å²) in [7, 11) is 3.19. The molecule has 4 heteroatoms. The van der Waals surface area contributed by atoms with Crippen LogP contribution in [0, 0.1) is 11.3 Å². The highest BCUT2D eigenvalue weighted by molar-refractivity contribution is 5.44. The van der Waals surface area contributed by atoms with Gasteiger partial charge in [0.2, 0.25) is 0 Å². The van der Waals surface area contributed by atoms with Crippen molar-refractivity contribution in [3.8, 4) is 17.6 Å². The molecule has 2 aromatic rings. The van der Waals surface area contributed by atoms with Crippen LogP contribution in [0.1, 0.15) is 17.2 Å². The van der Waals surface area contributed by atoms with Crippen molar-refractivity contribution in [3.63, 3.8) is 0 Å². The number of nitriles is 1. The third kappa shape index (κ3) is 3.74. The molecule has 0 saturated carbocycles. The number of rotatable bonds is 6. The van der Waals surface area contributed by atoms with Crippen molar-refractivity contribution in [2.24, 2.45) is 0 Å². The number of nitrogens with one attached hydrogen (secondary N) is 1. The van der Waals surface area contributed by atoms with Crippen molar-refractivity contribution in [1.82, 2.24) is 5.32 Å². The van der Waals surface area contributed by atoms with Crippen LogP contribution in [0.3, 0.4) is 0 Å². The van der Waals surface area contributed by atoms with E-state index in [0.717, 1.165) is 11.1 Å². The van der Waals surface area contributed by atoms with Crippen LogP contribution in [-0.2, 0) is 6.54 Å². The van der Waals surface area contributed by atoms with Gasteiger partial charge in [0.15, 0.2) is 0 Å². The van der Waals surface area contributed by atoms with E-state index in [0.29, 0.717) is 18.0 Å². The van der Waals surface area contributed by atoms with Crippen molar-refractivity contribution >= 4 is 0 Å². The van der Waals surface area contributed by atoms with E-state index < -0.39 is 6.04 Å². The molecule has 0 amide bonds. The Hall–Kier alpha value is -2.51. The molecule has 0 fully saturated rings. The molecule has 0 saturated heterocycles. The molecule has 0 aliphatic carbocycles. The monoisotopic (exact) mass is 282 g/mol. The summed E-state index contributed by atoms with van der Waals surface area (Å²) in [5, 5.41) is 12.6. The fourth-order valence-corrected chi connectivity index (χ4v) is 2.10. The Morgan fingerprint density at radius 3 is 2.48 bits per heavy atom. The standard InChI is InChI=1S/C17H18N2O2/c1-20-14-8-9-15(17(10-14)21-2)16(11-18)19-12-13-6-4-3-5-7-13/h3-10,16,19H,12H2,1-2H3. The predicted octanol–water partition coefficient (Wildman–Crippen LogP) is 3.06. The van der Waals surface area contributed by atoms with Crippen LogP contribution in [0.15, 0.2) is 48.5 Å². The first-order valence-corrected chi connectivity index (χ1v) is 6.67. The van der Waals surface area contributed by atoms with E-state index in [1.807, 2.05) is 42.5 Å². The lowest BCUT2D eigenvalue weighted by molar-refractivity contribution is 0.388. The maximum absolute atomic E-state index is 9.40. The van der Waals surface area contributed by atoms with Gasteiger partial charge in [0.25, 0.3) is 0 Å². The number of hydrogen-bond acceptors (Lipinski definition) is 4. The molecule has 1 N–H and O–H groups in total. The molecule has 0 heterocycles. The van der Waals surface area contributed by atoms with Gasteiger partial charge < -0.3 is 9.47 Å². The zero-order valence-electron chi connectivity index (χ0n) is 12.2. The minimum Gasteiger partial charge on any atom is -0.497 e. The normalized spacial score (nSPS) is 11.5. The predicted molar refractivity (Wildman–Crippen MR) is 81.2 cm³/mol. The van der Waals surface area contributed by atoms with Crippen molar-refractivity contribution in [2.75, 3.05) is 14.2 Å². The Bertz CT molecular complexity index is 620. The first-order chi connectivity index (χ1) is 10.3. The van der Waals surface area contributed by atoms with Gasteiger partial charge in [-0.05, 0) is 17.7 Å². The fraction of sp³-hybridized carbons (Fsp3) is 0.235. The summed E-state index contributed by atoms with van der Waals surface area (Å²) < 4.78 is 10.5. The van der Waals surface area contributed by atoms with Gasteiger partial charge in [-0.1, -0.05) is 30.3 Å². The lowest BCUT2D eigenvalue weighted by Gasteiger charge is -2.16. The van der Waals surface area contributed by atoms with Crippen LogP contribution < -0.4 is 14.8 Å². The van der Waals surface area contributed by atoms with Crippen LogP contribution in [0.2, 0.25) is 0 Å². The molecule has 1 unspecified atom stereocenters. The second-order valence-electron chi connectivity index (χ2n) is 4.54. The van der Waals surface area contributed by atoms with Crippen LogP contribution in [0.4, 0.5) is 0 Å². The van der Waals surface area contributed by atoms with Gasteiger partial charge in [0.05, 0.1) is 20.3 Å². The Morgan fingerprint density at radius 1 is 1.10 bits per heavy atom. The summed E-state index contributed by atoms with van der Waals surface area (Å²) >= 11 is 0. The molecule has 4 nitrogen and oxygen atoms in total. The van der Waals surface area contributed by atoms with E-state index in [9.17, 15) is 5.26 Å². The molecule has 0 aliphatic heterocycles. The highest BCUT2D eigenvalue weighted by Crippen LogP contribution is 2.29. The number of ether oxygens (including phenoxy) is 2. The summed E-state index contributed by atoms with van der Waals surface area (Å²) in [4.78, 5) is 0. The van der Waals surface area contributed by atoms with Crippen molar-refractivity contribution in [2.45, 2.75) is 12.6 Å². The van der Waals surface area contributed by atoms with Crippen molar-refractivity contribution in [3.05, 3.63) is 59.7 Å². The van der Waals surface area contributed by atoms with Crippen molar-refractivity contribution in [1.29, 1.82) is 5.26 Å². The second kappa shape index (κ2) is 7.32. The lowest BCUT2D eigenvalue weighted by Crippen LogP contribution is -2.20. The maximum Gasteiger partial charge on any atom is 0.128 e. The molecule has 0 spiro atoms. The summed E-state index contributed by atoms with van der Waals surface area (Å²) in [5.41, 5.74) is 1.93. The van der Waals surface area contributed by atoms with Gasteiger partial charge in [-0.15, -0.1) is 0 Å². The first-order valence-electron chi connectivity index (χ1n) is 6.67. The van der Waals surface area contributed by atoms with E-state index in [2.05, 4.69) is 11.4 Å². The molecular weight excluding hydrogens is 264 g/mol. The van der Waals surface area contributed by atoms with Gasteiger partial charge in [-0.25, -0.2) is 0 Å². The molecular formula is C17H18N2O2. The highest BCUT2D eigenvalue weighted by Gasteiger charge is 2.15. The number of hydrogen-bond donors (Lipinski definition) is 1. The fourth-order valence-electron chi connectivity index (χ4n) is 2.10. The minimum atomic E-state index is -0.439. The van der Waals surface area contributed by atoms with Gasteiger partial charge >= 0.3 is 0 Å². The quantitative estimate of drug-likeness (QED) is 0.884. The number of benzene rings is 2. The SMILES string of the molecule is COc1ccc(C(C#N)NCc2ccccc2)c(OC)c1. The molecule has 0 bridgehead atoms. The zero-order valence-corrected chi connectivity index (χ0v) is 12.2. The average molecular weight is 282 g/mol. The maximum atomic E-state index is 9.40. The molecule has 21 heavy (non-hydrogen) atoms. The topological polar surface area (TPSA) is 54.3 Å². The number of nitrogens with zero attached hydrogens (tertiary/aromatic N) is 1. The summed E-state index contributed by atoms with van der Waals surface area (Å²) in [5.74, 6) is 1.34. The number of methoxy groups -OCH3 is 2. The first kappa shape index (κ1) is 14.9. The van der Waals surface area contributed by atoms with Crippen molar-refractivity contribution < 1.29 is 9.47 Å². The van der Waals surface area contributed by atoms with Crippen LogP contribution >= 0.6 is 0 Å². The van der Waals surface area contributed by atoms with Gasteiger partial charge in [0, 0.05) is 18.2 Å². The van der Waals surface area contributed by atoms with E-state index in [-0.39, 0.29) is 0 Å². The molecule has 108 valence electrons. The second-order valence-corrected chi connectivity index (χ2v) is 4.54. The van der Waals surface area contributed by atoms with Gasteiger partial charge in [0.1, 0.15) is 17.5 Å². The molecule has 0 aliphatic rings. The van der Waals surface area contributed by atoms with Crippen LogP contribution in [0.25, 0.3) is 0 Å². The average Bonchev–Trinajstić information content (AvgIpc) is 2.56. The van der Waals surface area contributed by atoms with Crippen LogP contribution in [0.5, 0.6) is 11.5 Å². The van der Waals surface area contributed by atoms with E-state index in [1.54, 1.807) is 20.3 Å². The Balaban J connectivity index is 2.16. The highest BCUT2D eigenvalue weighted by atomic mass is 16.5. The van der Waals surface area contributed by atoms with E-state index in [1.165, 1.54) is 0 Å². The molecule has 2 aromatic carbocycles. The van der Waals surface area contributed by atoms with E-state index >= 15 is 0 Å². The van der Waals surface area contributed by atoms with Gasteiger partial charge in [-0.2, -0.15) is 5.26 Å². The lowest BCUT2D eigenvalue weighted by atomic mass is 10.1. The third-order valence-corrected chi connectivity index (χ3v) is 3.23. The minimum absolute atomic E-state index is 0.439. The third-order valence-electron chi connectivity index (χ3n) is 3.23. The van der Waals surface area contributed by atoms with Crippen LogP contribution in [-0.4, -0.2) is 14.2 Å². The zero-order chi connectivity index (χ0) is 15.1. The van der Waals surface area contributed by atoms with Gasteiger partial charge in [-0.3, -0.25) is 5.32 Å². The molecule has 0 aromatic heterocycles. The Morgan fingerprint density at radius 2 is 1.86 bits per heavy atom. The smallest absolute Gasteiger partial charge is 0.128 e. The summed E-state index contributed by atoms with van der Waals surface area (Å²) in [6.07, 6.45) is 0. The largest absolute Gasteiger partial charge is 0.497 e. The Labute approximate surface area is 124 Å². The van der Waals surface area contributed by atoms with E-state index in [4.69, 9.17) is 9.47 Å². The summed E-state index contributed by atoms with van der Waals surface area (Å²) in [6, 6.07) is 17.3. The Kier molecular flexibility index (Phi) is 5.19. The summed E-state index contributed by atoms with van der Waals surface area (Å²) in [6.45, 7) is 0.619. The molecule has 1 atom stereocenters.